The smallest absolute Gasteiger partial charge is 0.147 e. The third-order valence-corrected chi connectivity index (χ3v) is 8.74. The van der Waals surface area contributed by atoms with Crippen LogP contribution in [0.1, 0.15) is 24.0 Å². The summed E-state index contributed by atoms with van der Waals surface area (Å²) in [5.74, 6) is 1.06. The Kier molecular flexibility index (Phi) is 8.61. The summed E-state index contributed by atoms with van der Waals surface area (Å²) >= 11 is 6.11. The standard InChI is InChI=1S/C33H37ClFN7O2/c1-4-41-32(36)27-18-39(16-21-5-12-25(43-2)13-6-21)17-26(22-7-9-23(35)10-8-22)31(27)42(33(41)37)24-11-14-28(29(15-24)44-3)40-19-30(34)38-20-40/h5-15,19-20,26,32-33H,4,16-18,36-37H2,1-3H3. The fourth-order valence-corrected chi connectivity index (χ4v) is 6.53. The van der Waals surface area contributed by atoms with Crippen molar-refractivity contribution in [2.24, 2.45) is 11.5 Å². The predicted octanol–water partition coefficient (Wildman–Crippen LogP) is 4.90. The maximum absolute atomic E-state index is 14.1. The van der Waals surface area contributed by atoms with Gasteiger partial charge in [-0.15, -0.1) is 0 Å². The lowest BCUT2D eigenvalue weighted by Crippen LogP contribution is -2.66. The maximum atomic E-state index is 14.1. The van der Waals surface area contributed by atoms with Crippen LogP contribution in [0, 0.1) is 5.82 Å². The van der Waals surface area contributed by atoms with Crippen molar-refractivity contribution < 1.29 is 13.9 Å². The van der Waals surface area contributed by atoms with E-state index < -0.39 is 12.5 Å². The largest absolute Gasteiger partial charge is 0.497 e. The second kappa shape index (κ2) is 12.6. The van der Waals surface area contributed by atoms with E-state index in [1.165, 1.54) is 12.1 Å². The van der Waals surface area contributed by atoms with Gasteiger partial charge in [0.25, 0.3) is 0 Å². The van der Waals surface area contributed by atoms with E-state index in [9.17, 15) is 4.39 Å². The number of anilines is 1. The summed E-state index contributed by atoms with van der Waals surface area (Å²) in [6.45, 7) is 4.78. The zero-order valence-corrected chi connectivity index (χ0v) is 25.8. The average Bonchev–Trinajstić information content (AvgIpc) is 3.48. The molecule has 3 unspecified atom stereocenters. The molecule has 2 aliphatic rings. The Balaban J connectivity index is 1.46. The number of halogens is 2. The molecular weight excluding hydrogens is 581 g/mol. The summed E-state index contributed by atoms with van der Waals surface area (Å²) in [4.78, 5) is 10.8. The highest BCUT2D eigenvalue weighted by Crippen LogP contribution is 2.43. The Morgan fingerprint density at radius 2 is 1.75 bits per heavy atom. The van der Waals surface area contributed by atoms with Crippen LogP contribution in [0.4, 0.5) is 10.1 Å². The number of hydrogen-bond donors (Lipinski definition) is 2. The van der Waals surface area contributed by atoms with Gasteiger partial charge in [-0.2, -0.15) is 0 Å². The van der Waals surface area contributed by atoms with Crippen molar-refractivity contribution in [2.75, 3.05) is 38.8 Å². The molecular formula is C33H37ClFN7O2. The van der Waals surface area contributed by atoms with Gasteiger partial charge < -0.3 is 24.7 Å². The maximum Gasteiger partial charge on any atom is 0.147 e. The molecule has 3 aromatic carbocycles. The summed E-state index contributed by atoms with van der Waals surface area (Å²) in [5.41, 5.74) is 20.0. The van der Waals surface area contributed by atoms with Crippen molar-refractivity contribution in [3.63, 3.8) is 0 Å². The first kappa shape index (κ1) is 30.1. The first-order chi connectivity index (χ1) is 21.3. The van der Waals surface area contributed by atoms with E-state index in [2.05, 4.69) is 38.7 Å². The van der Waals surface area contributed by atoms with E-state index in [1.54, 1.807) is 26.7 Å². The molecule has 0 radical (unpaired) electrons. The van der Waals surface area contributed by atoms with Crippen LogP contribution < -0.4 is 25.8 Å². The molecule has 3 atom stereocenters. The van der Waals surface area contributed by atoms with E-state index >= 15 is 0 Å². The minimum Gasteiger partial charge on any atom is -0.497 e. The zero-order chi connectivity index (χ0) is 31.0. The summed E-state index contributed by atoms with van der Waals surface area (Å²) in [7, 11) is 3.30. The molecule has 4 N–H and O–H groups in total. The predicted molar refractivity (Wildman–Crippen MR) is 170 cm³/mol. The first-order valence-corrected chi connectivity index (χ1v) is 15.0. The molecule has 4 aromatic rings. The number of aromatic nitrogens is 2. The van der Waals surface area contributed by atoms with Crippen molar-refractivity contribution in [1.29, 1.82) is 0 Å². The molecule has 6 rings (SSSR count). The number of ether oxygens (including phenoxy) is 2. The monoisotopic (exact) mass is 617 g/mol. The van der Waals surface area contributed by atoms with Gasteiger partial charge in [-0.05, 0) is 53.1 Å². The average molecular weight is 618 g/mol. The zero-order valence-electron chi connectivity index (χ0n) is 25.0. The van der Waals surface area contributed by atoms with Crippen LogP contribution in [0.3, 0.4) is 0 Å². The summed E-state index contributed by atoms with van der Waals surface area (Å²) in [5, 5.41) is 0.389. The van der Waals surface area contributed by atoms with Gasteiger partial charge >= 0.3 is 0 Å². The van der Waals surface area contributed by atoms with Gasteiger partial charge in [0.05, 0.1) is 26.1 Å². The number of rotatable bonds is 8. The van der Waals surface area contributed by atoms with Crippen molar-refractivity contribution in [2.45, 2.75) is 31.8 Å². The van der Waals surface area contributed by atoms with E-state index in [1.807, 2.05) is 47.0 Å². The summed E-state index contributed by atoms with van der Waals surface area (Å²) in [6, 6.07) is 20.8. The van der Waals surface area contributed by atoms with Gasteiger partial charge in [0.15, 0.2) is 0 Å². The molecule has 0 amide bonds. The quantitative estimate of drug-likeness (QED) is 0.288. The number of nitrogens with zero attached hydrogens (tertiary/aromatic N) is 5. The second-order valence-corrected chi connectivity index (χ2v) is 11.4. The summed E-state index contributed by atoms with van der Waals surface area (Å²) < 4.78 is 27.1. The van der Waals surface area contributed by atoms with Crippen molar-refractivity contribution >= 4 is 17.3 Å². The summed E-state index contributed by atoms with van der Waals surface area (Å²) in [6.07, 6.45) is 2.45. The third kappa shape index (κ3) is 5.67. The van der Waals surface area contributed by atoms with Crippen LogP contribution in [-0.2, 0) is 6.54 Å². The Morgan fingerprint density at radius 3 is 2.39 bits per heavy atom. The van der Waals surface area contributed by atoms with Crippen molar-refractivity contribution in [3.05, 3.63) is 113 Å². The topological polar surface area (TPSA) is 98.0 Å². The minimum absolute atomic E-state index is 0.119. The van der Waals surface area contributed by atoms with Crippen molar-refractivity contribution in [3.8, 4) is 17.2 Å². The number of hydrogen-bond acceptors (Lipinski definition) is 8. The Hall–Kier alpha value is -3.93. The van der Waals surface area contributed by atoms with E-state index in [4.69, 9.17) is 32.5 Å². The lowest BCUT2D eigenvalue weighted by molar-refractivity contribution is 0.126. The highest BCUT2D eigenvalue weighted by molar-refractivity contribution is 6.29. The Labute approximate surface area is 262 Å². The molecule has 3 heterocycles. The Bertz CT molecular complexity index is 1640. The molecule has 44 heavy (non-hydrogen) atoms. The van der Waals surface area contributed by atoms with Crippen LogP contribution in [0.25, 0.3) is 5.69 Å². The van der Waals surface area contributed by atoms with E-state index in [-0.39, 0.29) is 11.7 Å². The van der Waals surface area contributed by atoms with Crippen LogP contribution in [0.5, 0.6) is 11.5 Å². The molecule has 0 bridgehead atoms. The van der Waals surface area contributed by atoms with Gasteiger partial charge in [-0.25, -0.2) is 9.37 Å². The fraction of sp³-hybridized carbons (Fsp3) is 0.303. The van der Waals surface area contributed by atoms with Gasteiger partial charge in [0.1, 0.15) is 35.1 Å². The van der Waals surface area contributed by atoms with Gasteiger partial charge in [-0.1, -0.05) is 42.8 Å². The lowest BCUT2D eigenvalue weighted by Gasteiger charge is -2.53. The highest BCUT2D eigenvalue weighted by Gasteiger charge is 2.44. The molecule has 0 spiro atoms. The molecule has 230 valence electrons. The van der Waals surface area contributed by atoms with E-state index in [0.29, 0.717) is 30.5 Å². The second-order valence-electron chi connectivity index (χ2n) is 11.1. The Morgan fingerprint density at radius 1 is 1.00 bits per heavy atom. The third-order valence-electron chi connectivity index (χ3n) is 8.55. The normalized spacial score (nSPS) is 21.0. The molecule has 2 aliphatic heterocycles. The molecule has 1 aromatic heterocycles. The van der Waals surface area contributed by atoms with Crippen LogP contribution in [0.2, 0.25) is 5.15 Å². The number of imidazole rings is 1. The lowest BCUT2D eigenvalue weighted by atomic mass is 9.84. The molecule has 0 aliphatic carbocycles. The SMILES string of the molecule is CCN1C(N)C2=C(C(c3ccc(F)cc3)CN(Cc3ccc(OC)cc3)C2)N(c2ccc(-n3cnc(Cl)c3)c(OC)c2)C1N. The minimum atomic E-state index is -0.539. The fourth-order valence-electron chi connectivity index (χ4n) is 6.38. The van der Waals surface area contributed by atoms with Crippen LogP contribution in [-0.4, -0.2) is 65.7 Å². The van der Waals surface area contributed by atoms with E-state index in [0.717, 1.165) is 46.1 Å². The number of benzene rings is 3. The van der Waals surface area contributed by atoms with Crippen LogP contribution >= 0.6 is 11.6 Å². The molecule has 0 fully saturated rings. The molecule has 9 nitrogen and oxygen atoms in total. The van der Waals surface area contributed by atoms with Gasteiger partial charge in [-0.3, -0.25) is 15.5 Å². The van der Waals surface area contributed by atoms with Gasteiger partial charge in [0.2, 0.25) is 0 Å². The number of methoxy groups -OCH3 is 2. The highest BCUT2D eigenvalue weighted by atomic mass is 35.5. The molecule has 0 saturated heterocycles. The van der Waals surface area contributed by atoms with Crippen LogP contribution in [0.15, 0.2) is 90.5 Å². The number of nitrogens with two attached hydrogens (primary N) is 2. The van der Waals surface area contributed by atoms with Gasteiger partial charge in [0, 0.05) is 55.7 Å². The molecule has 0 saturated carbocycles. The first-order valence-electron chi connectivity index (χ1n) is 14.6. The number of likely N-dealkylation sites (N-methyl/N-ethyl adjacent to an activating group) is 1. The molecule has 11 heteroatoms. The van der Waals surface area contributed by atoms with Crippen molar-refractivity contribution in [1.82, 2.24) is 19.4 Å².